The average Bonchev–Trinajstić information content (AvgIpc) is 3.34. The fourth-order valence-corrected chi connectivity index (χ4v) is 4.74. The summed E-state index contributed by atoms with van der Waals surface area (Å²) in [4.78, 5) is 11.1. The first-order valence-corrected chi connectivity index (χ1v) is 11.1. The molecule has 0 bridgehead atoms. The molecule has 0 aromatic heterocycles. The van der Waals surface area contributed by atoms with Gasteiger partial charge < -0.3 is 24.4 Å². The zero-order valence-corrected chi connectivity index (χ0v) is 18.5. The molecule has 2 aliphatic rings. The van der Waals surface area contributed by atoms with Gasteiger partial charge in [-0.2, -0.15) is 0 Å². The molecule has 1 aromatic carbocycles. The summed E-state index contributed by atoms with van der Waals surface area (Å²) in [7, 11) is 1.34. The zero-order valence-electron chi connectivity index (χ0n) is 17.8. The fraction of sp³-hybridized carbons (Fsp3) is 0.542. The number of allylic oxidation sites excluding steroid dienone is 3. The van der Waals surface area contributed by atoms with Crippen molar-refractivity contribution in [1.29, 1.82) is 0 Å². The molecule has 2 fully saturated rings. The molecule has 0 radical (unpaired) electrons. The maximum Gasteiger partial charge on any atom is 0.330 e. The van der Waals surface area contributed by atoms with Gasteiger partial charge in [-0.3, -0.25) is 0 Å². The molecule has 0 amide bonds. The van der Waals surface area contributed by atoms with E-state index >= 15 is 0 Å². The molecular weight excluding hydrogens is 420 g/mol. The second-order valence-corrected chi connectivity index (χ2v) is 8.52. The van der Waals surface area contributed by atoms with Gasteiger partial charge in [0.05, 0.1) is 32.5 Å². The van der Waals surface area contributed by atoms with Crippen molar-refractivity contribution in [2.45, 2.75) is 50.1 Å². The van der Waals surface area contributed by atoms with Crippen LogP contribution in [0.5, 0.6) is 0 Å². The quantitative estimate of drug-likeness (QED) is 0.338. The normalized spacial score (nSPS) is 28.0. The van der Waals surface area contributed by atoms with Crippen molar-refractivity contribution in [2.75, 3.05) is 20.3 Å². The van der Waals surface area contributed by atoms with E-state index in [4.69, 9.17) is 21.1 Å². The molecule has 6 nitrogen and oxygen atoms in total. The Balaban J connectivity index is 1.60. The minimum atomic E-state index is -0.832. The van der Waals surface area contributed by atoms with Crippen LogP contribution in [0.4, 0.5) is 0 Å². The molecule has 0 spiro atoms. The van der Waals surface area contributed by atoms with Crippen molar-refractivity contribution in [3.05, 3.63) is 59.2 Å². The molecule has 7 heteroatoms. The van der Waals surface area contributed by atoms with Gasteiger partial charge in [0, 0.05) is 23.1 Å². The number of benzene rings is 1. The van der Waals surface area contributed by atoms with Crippen LogP contribution in [0.15, 0.2) is 48.6 Å². The first kappa shape index (κ1) is 24.0. The molecular formula is C24H31ClO6. The Morgan fingerprint density at radius 2 is 1.77 bits per heavy atom. The van der Waals surface area contributed by atoms with E-state index in [9.17, 15) is 15.0 Å². The van der Waals surface area contributed by atoms with Gasteiger partial charge in [-0.05, 0) is 49.7 Å². The highest BCUT2D eigenvalue weighted by Gasteiger charge is 2.44. The number of halogens is 1. The summed E-state index contributed by atoms with van der Waals surface area (Å²) >= 11 is 6.03. The Morgan fingerprint density at radius 1 is 1.13 bits per heavy atom. The van der Waals surface area contributed by atoms with E-state index < -0.39 is 24.0 Å². The van der Waals surface area contributed by atoms with Crippen molar-refractivity contribution >= 4 is 17.6 Å². The molecule has 2 N–H and O–H groups in total. The molecule has 1 saturated carbocycles. The Kier molecular flexibility index (Phi) is 8.69. The van der Waals surface area contributed by atoms with Crippen LogP contribution < -0.4 is 0 Å². The van der Waals surface area contributed by atoms with Crippen molar-refractivity contribution in [3.8, 4) is 0 Å². The van der Waals surface area contributed by atoms with Crippen LogP contribution in [-0.4, -0.2) is 48.7 Å². The second kappa shape index (κ2) is 11.2. The number of rotatable bonds is 9. The molecule has 4 atom stereocenters. The molecule has 1 saturated heterocycles. The van der Waals surface area contributed by atoms with Gasteiger partial charge in [0.15, 0.2) is 5.79 Å². The number of aliphatic hydroxyl groups is 2. The first-order valence-electron chi connectivity index (χ1n) is 10.8. The smallest absolute Gasteiger partial charge is 0.330 e. The van der Waals surface area contributed by atoms with Gasteiger partial charge in [-0.1, -0.05) is 42.0 Å². The monoisotopic (exact) mass is 450 g/mol. The number of hydrogen-bond donors (Lipinski definition) is 2. The van der Waals surface area contributed by atoms with Gasteiger partial charge in [0.1, 0.15) is 0 Å². The summed E-state index contributed by atoms with van der Waals surface area (Å²) in [5.74, 6) is -1.27. The van der Waals surface area contributed by atoms with Crippen LogP contribution in [0.1, 0.15) is 37.7 Å². The molecule has 3 rings (SSSR count). The lowest BCUT2D eigenvalue weighted by Crippen LogP contribution is -2.30. The summed E-state index contributed by atoms with van der Waals surface area (Å²) in [6.45, 7) is 1.04. The highest BCUT2D eigenvalue weighted by atomic mass is 35.5. The SMILES string of the molecule is COC(=O)C=C/C=C\CC[C@@H]1[C@@H](CCC2(c3ccc(Cl)cc3)OCCO2)[C@H](O)C[C@@H]1O. The van der Waals surface area contributed by atoms with Gasteiger partial charge in [0.2, 0.25) is 0 Å². The number of esters is 1. The van der Waals surface area contributed by atoms with E-state index in [1.165, 1.54) is 13.2 Å². The minimum absolute atomic E-state index is 0.00657. The van der Waals surface area contributed by atoms with Gasteiger partial charge in [0.25, 0.3) is 0 Å². The van der Waals surface area contributed by atoms with Crippen molar-refractivity contribution in [1.82, 2.24) is 0 Å². The third kappa shape index (κ3) is 6.18. The Hall–Kier alpha value is -1.70. The topological polar surface area (TPSA) is 85.2 Å². The lowest BCUT2D eigenvalue weighted by Gasteiger charge is -2.31. The average molecular weight is 451 g/mol. The minimum Gasteiger partial charge on any atom is -0.466 e. The molecule has 1 aliphatic carbocycles. The number of hydrogen-bond acceptors (Lipinski definition) is 6. The number of ether oxygens (including phenoxy) is 3. The van der Waals surface area contributed by atoms with Crippen molar-refractivity contribution in [3.63, 3.8) is 0 Å². The Morgan fingerprint density at radius 3 is 2.42 bits per heavy atom. The summed E-state index contributed by atoms with van der Waals surface area (Å²) in [5, 5.41) is 21.7. The third-order valence-corrected chi connectivity index (χ3v) is 6.47. The van der Waals surface area contributed by atoms with E-state index in [-0.39, 0.29) is 11.8 Å². The summed E-state index contributed by atoms with van der Waals surface area (Å²) in [6.07, 6.45) is 8.80. The fourth-order valence-electron chi connectivity index (χ4n) is 4.62. The lowest BCUT2D eigenvalue weighted by molar-refractivity contribution is -0.175. The largest absolute Gasteiger partial charge is 0.466 e. The molecule has 1 aromatic rings. The highest BCUT2D eigenvalue weighted by Crippen LogP contribution is 2.43. The van der Waals surface area contributed by atoms with E-state index in [0.29, 0.717) is 37.5 Å². The number of methoxy groups -OCH3 is 1. The van der Waals surface area contributed by atoms with Crippen LogP contribution in [0.3, 0.4) is 0 Å². The van der Waals surface area contributed by atoms with Crippen LogP contribution in [-0.2, 0) is 24.8 Å². The maximum atomic E-state index is 11.1. The first-order chi connectivity index (χ1) is 14.9. The molecule has 1 heterocycles. The summed E-state index contributed by atoms with van der Waals surface area (Å²) in [5.41, 5.74) is 0.916. The second-order valence-electron chi connectivity index (χ2n) is 8.08. The van der Waals surface area contributed by atoms with E-state index in [1.54, 1.807) is 12.2 Å². The van der Waals surface area contributed by atoms with Crippen LogP contribution in [0.25, 0.3) is 0 Å². The molecule has 0 unspecified atom stereocenters. The molecule has 31 heavy (non-hydrogen) atoms. The van der Waals surface area contributed by atoms with E-state index in [0.717, 1.165) is 18.4 Å². The van der Waals surface area contributed by atoms with E-state index in [1.807, 2.05) is 30.3 Å². The number of carbonyl (C=O) groups is 1. The van der Waals surface area contributed by atoms with Crippen LogP contribution in [0.2, 0.25) is 5.02 Å². The molecule has 170 valence electrons. The predicted octanol–water partition coefficient (Wildman–Crippen LogP) is 3.74. The highest BCUT2D eigenvalue weighted by molar-refractivity contribution is 6.30. The number of carbonyl (C=O) groups excluding carboxylic acids is 1. The number of aliphatic hydroxyl groups excluding tert-OH is 2. The lowest BCUT2D eigenvalue weighted by atomic mass is 9.84. The third-order valence-electron chi connectivity index (χ3n) is 6.21. The molecule has 1 aliphatic heterocycles. The van der Waals surface area contributed by atoms with Crippen molar-refractivity contribution < 1.29 is 29.2 Å². The van der Waals surface area contributed by atoms with Crippen LogP contribution in [0, 0.1) is 11.8 Å². The van der Waals surface area contributed by atoms with Crippen LogP contribution >= 0.6 is 11.6 Å². The van der Waals surface area contributed by atoms with Gasteiger partial charge in [-0.15, -0.1) is 0 Å². The van der Waals surface area contributed by atoms with Crippen molar-refractivity contribution in [2.24, 2.45) is 11.8 Å². The zero-order chi connectivity index (χ0) is 22.3. The van der Waals surface area contributed by atoms with Gasteiger partial charge in [-0.25, -0.2) is 4.79 Å². The predicted molar refractivity (Wildman–Crippen MR) is 117 cm³/mol. The Bertz CT molecular complexity index is 769. The van der Waals surface area contributed by atoms with Gasteiger partial charge >= 0.3 is 5.97 Å². The Labute approximate surface area is 188 Å². The maximum absolute atomic E-state index is 11.1. The van der Waals surface area contributed by atoms with E-state index in [2.05, 4.69) is 4.74 Å². The summed E-state index contributed by atoms with van der Waals surface area (Å²) in [6, 6.07) is 7.47. The summed E-state index contributed by atoms with van der Waals surface area (Å²) < 4.78 is 16.6. The standard InChI is InChI=1S/C24H31ClO6/c1-29-23(28)7-5-3-2-4-6-19-20(22(27)16-21(19)26)12-13-24(30-14-15-31-24)17-8-10-18(25)11-9-17/h2-3,5,7-11,19-22,26-27H,4,6,12-16H2,1H3/b3-2-,7-5?/t19-,20-,21+,22-/m1/s1.